The minimum absolute atomic E-state index is 0.637. The lowest BCUT2D eigenvalue weighted by molar-refractivity contribution is 0.594. The fraction of sp³-hybridized carbons (Fsp3) is 0.538. The van der Waals surface area contributed by atoms with Gasteiger partial charge in [0.1, 0.15) is 0 Å². The summed E-state index contributed by atoms with van der Waals surface area (Å²) < 4.78 is 0. The van der Waals surface area contributed by atoms with Crippen molar-refractivity contribution in [2.45, 2.75) is 32.2 Å². The molecule has 3 N–H and O–H groups in total. The fourth-order valence-corrected chi connectivity index (χ4v) is 1.98. The molecule has 1 aromatic rings. The van der Waals surface area contributed by atoms with Gasteiger partial charge in [0, 0.05) is 6.54 Å². The monoisotopic (exact) mass is 238 g/mol. The summed E-state index contributed by atoms with van der Waals surface area (Å²) in [6, 6.07) is 5.82. The van der Waals surface area contributed by atoms with Crippen LogP contribution in [0.5, 0.6) is 0 Å². The Bertz CT molecular complexity index is 348. The Hall–Kier alpha value is -0.730. The van der Waals surface area contributed by atoms with Gasteiger partial charge in [-0.1, -0.05) is 30.5 Å². The Balaban J connectivity index is 1.65. The molecule has 0 spiro atoms. The Morgan fingerprint density at radius 1 is 1.38 bits per heavy atom. The maximum atomic E-state index is 5.86. The van der Waals surface area contributed by atoms with Crippen LogP contribution in [0.15, 0.2) is 18.2 Å². The number of nitrogens with one attached hydrogen (secondary N) is 1. The van der Waals surface area contributed by atoms with Crippen molar-refractivity contribution in [1.82, 2.24) is 5.32 Å². The summed E-state index contributed by atoms with van der Waals surface area (Å²) in [5, 5.41) is 4.07. The summed E-state index contributed by atoms with van der Waals surface area (Å²) in [5.74, 6) is 1.04. The van der Waals surface area contributed by atoms with Crippen LogP contribution in [0.25, 0.3) is 0 Å². The third-order valence-corrected chi connectivity index (χ3v) is 3.40. The highest BCUT2D eigenvalue weighted by Crippen LogP contribution is 2.33. The highest BCUT2D eigenvalue weighted by atomic mass is 35.5. The van der Waals surface area contributed by atoms with Crippen LogP contribution in [0.2, 0.25) is 5.02 Å². The Morgan fingerprint density at radius 2 is 2.19 bits per heavy atom. The molecule has 1 fully saturated rings. The van der Waals surface area contributed by atoms with Gasteiger partial charge in [-0.2, -0.15) is 0 Å². The van der Waals surface area contributed by atoms with Gasteiger partial charge in [-0.25, -0.2) is 0 Å². The molecule has 0 aromatic heterocycles. The summed E-state index contributed by atoms with van der Waals surface area (Å²) in [6.45, 7) is 1.98. The molecular weight excluding hydrogens is 220 g/mol. The van der Waals surface area contributed by atoms with Crippen LogP contribution >= 0.6 is 11.6 Å². The first-order chi connectivity index (χ1) is 7.75. The van der Waals surface area contributed by atoms with E-state index in [1.165, 1.54) is 31.2 Å². The number of hydrogen-bond donors (Lipinski definition) is 2. The zero-order valence-electron chi connectivity index (χ0n) is 9.51. The van der Waals surface area contributed by atoms with E-state index in [9.17, 15) is 0 Å². The van der Waals surface area contributed by atoms with Crippen molar-refractivity contribution in [2.75, 3.05) is 12.3 Å². The van der Waals surface area contributed by atoms with Crippen molar-refractivity contribution >= 4 is 17.3 Å². The number of nitrogen functional groups attached to an aromatic ring is 1. The molecule has 0 atom stereocenters. The predicted octanol–water partition coefficient (Wildman–Crippen LogP) is 3.20. The molecule has 0 heterocycles. The van der Waals surface area contributed by atoms with E-state index in [0.717, 1.165) is 19.0 Å². The second kappa shape index (κ2) is 5.55. The molecule has 3 heteroatoms. The van der Waals surface area contributed by atoms with E-state index in [1.54, 1.807) is 0 Å². The van der Waals surface area contributed by atoms with E-state index in [1.807, 2.05) is 18.2 Å². The van der Waals surface area contributed by atoms with Crippen molar-refractivity contribution in [3.63, 3.8) is 0 Å². The number of nitrogens with two attached hydrogens (primary N) is 1. The van der Waals surface area contributed by atoms with Crippen LogP contribution in [0.4, 0.5) is 5.69 Å². The topological polar surface area (TPSA) is 38.0 Å². The number of halogens is 1. The normalized spacial score (nSPS) is 15.3. The maximum Gasteiger partial charge on any atom is 0.0635 e. The summed E-state index contributed by atoms with van der Waals surface area (Å²) in [7, 11) is 0. The Kier molecular flexibility index (Phi) is 4.08. The van der Waals surface area contributed by atoms with Crippen molar-refractivity contribution in [3.05, 3.63) is 28.8 Å². The fourth-order valence-electron chi connectivity index (χ4n) is 1.86. The summed E-state index contributed by atoms with van der Waals surface area (Å²) in [4.78, 5) is 0. The second-order valence-corrected chi connectivity index (χ2v) is 5.03. The van der Waals surface area contributed by atoms with Gasteiger partial charge in [0.05, 0.1) is 10.7 Å². The van der Waals surface area contributed by atoms with Crippen LogP contribution in [-0.2, 0) is 6.54 Å². The zero-order valence-corrected chi connectivity index (χ0v) is 10.3. The van der Waals surface area contributed by atoms with Crippen molar-refractivity contribution in [1.29, 1.82) is 0 Å². The third-order valence-electron chi connectivity index (χ3n) is 3.05. The van der Waals surface area contributed by atoms with Gasteiger partial charge < -0.3 is 11.1 Å². The largest absolute Gasteiger partial charge is 0.398 e. The van der Waals surface area contributed by atoms with Gasteiger partial charge in [0.15, 0.2) is 0 Å². The van der Waals surface area contributed by atoms with E-state index in [-0.39, 0.29) is 0 Å². The minimum Gasteiger partial charge on any atom is -0.398 e. The molecule has 88 valence electrons. The molecule has 1 aromatic carbocycles. The van der Waals surface area contributed by atoms with Crippen LogP contribution in [0, 0.1) is 5.92 Å². The van der Waals surface area contributed by atoms with E-state index in [4.69, 9.17) is 17.3 Å². The highest BCUT2D eigenvalue weighted by Gasteiger charge is 2.19. The average molecular weight is 239 g/mol. The molecule has 2 nitrogen and oxygen atoms in total. The summed E-state index contributed by atoms with van der Waals surface area (Å²) in [6.07, 6.45) is 5.57. The van der Waals surface area contributed by atoms with E-state index < -0.39 is 0 Å². The van der Waals surface area contributed by atoms with E-state index in [0.29, 0.717) is 10.7 Å². The standard InChI is InChI=1S/C13H19ClN2/c14-12-6-5-11(8-13(12)15)9-16-7-1-2-10-3-4-10/h5-6,8,10,16H,1-4,7,9,15H2. The van der Waals surface area contributed by atoms with Crippen LogP contribution in [-0.4, -0.2) is 6.54 Å². The molecular formula is C13H19ClN2. The first-order valence-corrected chi connectivity index (χ1v) is 6.38. The van der Waals surface area contributed by atoms with Gasteiger partial charge in [-0.15, -0.1) is 0 Å². The van der Waals surface area contributed by atoms with Crippen molar-refractivity contribution in [2.24, 2.45) is 5.92 Å². The predicted molar refractivity (Wildman–Crippen MR) is 69.5 cm³/mol. The van der Waals surface area contributed by atoms with Crippen molar-refractivity contribution < 1.29 is 0 Å². The molecule has 1 aliphatic rings. The molecule has 0 amide bonds. The number of hydrogen-bond acceptors (Lipinski definition) is 2. The molecule has 0 saturated heterocycles. The van der Waals surface area contributed by atoms with Crippen LogP contribution in [0.3, 0.4) is 0 Å². The zero-order chi connectivity index (χ0) is 11.4. The van der Waals surface area contributed by atoms with Gasteiger partial charge in [-0.05, 0) is 43.0 Å². The number of anilines is 1. The summed E-state index contributed by atoms with van der Waals surface area (Å²) in [5.41, 5.74) is 7.61. The molecule has 0 radical (unpaired) electrons. The lowest BCUT2D eigenvalue weighted by atomic mass is 10.2. The molecule has 2 rings (SSSR count). The maximum absolute atomic E-state index is 5.86. The van der Waals surface area contributed by atoms with Gasteiger partial charge in [0.2, 0.25) is 0 Å². The molecule has 1 aliphatic carbocycles. The molecule has 1 saturated carbocycles. The molecule has 0 unspecified atom stereocenters. The lowest BCUT2D eigenvalue weighted by Gasteiger charge is -2.06. The first kappa shape index (κ1) is 11.7. The smallest absolute Gasteiger partial charge is 0.0635 e. The molecule has 0 bridgehead atoms. The molecule has 16 heavy (non-hydrogen) atoms. The summed E-state index contributed by atoms with van der Waals surface area (Å²) >= 11 is 5.86. The number of rotatable bonds is 6. The SMILES string of the molecule is Nc1cc(CNCCCC2CC2)ccc1Cl. The average Bonchev–Trinajstić information content (AvgIpc) is 3.07. The molecule has 0 aliphatic heterocycles. The van der Waals surface area contributed by atoms with Gasteiger partial charge in [0.25, 0.3) is 0 Å². The minimum atomic E-state index is 0.637. The number of benzene rings is 1. The van der Waals surface area contributed by atoms with Crippen LogP contribution < -0.4 is 11.1 Å². The quantitative estimate of drug-likeness (QED) is 0.590. The van der Waals surface area contributed by atoms with E-state index in [2.05, 4.69) is 5.32 Å². The van der Waals surface area contributed by atoms with Crippen LogP contribution in [0.1, 0.15) is 31.2 Å². The first-order valence-electron chi connectivity index (χ1n) is 6.00. The third kappa shape index (κ3) is 3.69. The Labute approximate surface area is 102 Å². The van der Waals surface area contributed by atoms with Gasteiger partial charge >= 0.3 is 0 Å². The van der Waals surface area contributed by atoms with Crippen molar-refractivity contribution in [3.8, 4) is 0 Å². The second-order valence-electron chi connectivity index (χ2n) is 4.62. The lowest BCUT2D eigenvalue weighted by Crippen LogP contribution is -2.14. The van der Waals surface area contributed by atoms with Gasteiger partial charge in [-0.3, -0.25) is 0 Å². The van der Waals surface area contributed by atoms with E-state index >= 15 is 0 Å². The Morgan fingerprint density at radius 3 is 2.88 bits per heavy atom. The highest BCUT2D eigenvalue weighted by molar-refractivity contribution is 6.33.